The predicted molar refractivity (Wildman–Crippen MR) is 103 cm³/mol. The molecule has 0 aliphatic heterocycles. The van der Waals surface area contributed by atoms with Crippen LogP contribution in [0.5, 0.6) is 5.75 Å². The third-order valence-corrected chi connectivity index (χ3v) is 3.92. The molecule has 5 nitrogen and oxygen atoms in total. The molecule has 0 aromatic heterocycles. The van der Waals surface area contributed by atoms with E-state index in [2.05, 4.69) is 29.3 Å². The van der Waals surface area contributed by atoms with Crippen molar-refractivity contribution in [3.63, 3.8) is 0 Å². The second-order valence-electron chi connectivity index (χ2n) is 5.95. The van der Waals surface area contributed by atoms with Gasteiger partial charge >= 0.3 is 0 Å². The van der Waals surface area contributed by atoms with Gasteiger partial charge in [0.25, 0.3) is 5.91 Å². The van der Waals surface area contributed by atoms with Gasteiger partial charge in [0.15, 0.2) is 0 Å². The van der Waals surface area contributed by atoms with Gasteiger partial charge in [-0.2, -0.15) is 0 Å². The van der Waals surface area contributed by atoms with Gasteiger partial charge in [0.2, 0.25) is 0 Å². The van der Waals surface area contributed by atoms with Crippen LogP contribution in [0.25, 0.3) is 0 Å². The van der Waals surface area contributed by atoms with E-state index in [1.807, 2.05) is 18.2 Å². The number of carbonyl (C=O) groups excluding carboxylic acids is 1. The van der Waals surface area contributed by atoms with Crippen LogP contribution in [0.2, 0.25) is 0 Å². The molecule has 1 unspecified atom stereocenters. The molecule has 2 aromatic rings. The number of nitrogens with one attached hydrogen (secondary N) is 2. The van der Waals surface area contributed by atoms with Crippen LogP contribution in [0.1, 0.15) is 22.3 Å². The normalized spacial score (nSPS) is 11.5. The molecule has 138 valence electrons. The molecule has 26 heavy (non-hydrogen) atoms. The Morgan fingerprint density at radius 1 is 1.12 bits per heavy atom. The van der Waals surface area contributed by atoms with Crippen molar-refractivity contribution in [2.24, 2.45) is 0 Å². The van der Waals surface area contributed by atoms with Crippen LogP contribution in [0.3, 0.4) is 0 Å². The number of aryl methyl sites for hydroxylation is 1. The molecule has 0 fully saturated rings. The number of phenols is 1. The molecule has 0 spiro atoms. The lowest BCUT2D eigenvalue weighted by Crippen LogP contribution is -2.39. The second-order valence-corrected chi connectivity index (χ2v) is 5.95. The van der Waals surface area contributed by atoms with E-state index in [1.165, 1.54) is 17.7 Å². The fourth-order valence-electron chi connectivity index (χ4n) is 2.50. The zero-order valence-corrected chi connectivity index (χ0v) is 14.9. The molecule has 0 aliphatic carbocycles. The van der Waals surface area contributed by atoms with E-state index in [0.29, 0.717) is 25.3 Å². The van der Waals surface area contributed by atoms with Crippen LogP contribution < -0.4 is 10.6 Å². The summed E-state index contributed by atoms with van der Waals surface area (Å²) in [6.07, 6.45) is 3.34. The van der Waals surface area contributed by atoms with E-state index < -0.39 is 0 Å². The van der Waals surface area contributed by atoms with Crippen LogP contribution in [-0.4, -0.2) is 36.8 Å². The molecule has 0 heterocycles. The van der Waals surface area contributed by atoms with Crippen molar-refractivity contribution in [2.45, 2.75) is 18.9 Å². The number of carbonyl (C=O) groups is 1. The molecule has 0 saturated heterocycles. The van der Waals surface area contributed by atoms with Gasteiger partial charge in [-0.15, -0.1) is 0 Å². The summed E-state index contributed by atoms with van der Waals surface area (Å²) in [7, 11) is 0. The number of hydrogen-bond donors (Lipinski definition) is 3. The minimum atomic E-state index is -0.193. The third kappa shape index (κ3) is 6.99. The number of ether oxygens (including phenoxy) is 1. The second kappa shape index (κ2) is 10.9. The highest BCUT2D eigenvalue weighted by atomic mass is 16.5. The molecule has 0 aliphatic rings. The number of rotatable bonds is 11. The average Bonchev–Trinajstić information content (AvgIpc) is 2.67. The van der Waals surface area contributed by atoms with Gasteiger partial charge in [0.05, 0.1) is 6.10 Å². The molecule has 3 N–H and O–H groups in total. The average molecular weight is 354 g/mol. The smallest absolute Gasteiger partial charge is 0.251 e. The molecule has 0 bridgehead atoms. The van der Waals surface area contributed by atoms with Crippen molar-refractivity contribution < 1.29 is 14.6 Å². The topological polar surface area (TPSA) is 70.6 Å². The molecule has 2 aromatic carbocycles. The van der Waals surface area contributed by atoms with E-state index in [9.17, 15) is 9.90 Å². The highest BCUT2D eigenvalue weighted by Crippen LogP contribution is 2.09. The SMILES string of the molecule is C=CNCC(CNC(=O)c1ccc(O)cc1)OCCCc1ccccc1. The van der Waals surface area contributed by atoms with Crippen LogP contribution in [0, 0.1) is 0 Å². The number of hydrogen-bond acceptors (Lipinski definition) is 4. The lowest BCUT2D eigenvalue weighted by molar-refractivity contribution is 0.0515. The van der Waals surface area contributed by atoms with Crippen molar-refractivity contribution in [1.29, 1.82) is 0 Å². The van der Waals surface area contributed by atoms with Gasteiger partial charge < -0.3 is 20.5 Å². The van der Waals surface area contributed by atoms with Crippen molar-refractivity contribution in [1.82, 2.24) is 10.6 Å². The zero-order valence-electron chi connectivity index (χ0n) is 14.9. The Hall–Kier alpha value is -2.79. The summed E-state index contributed by atoms with van der Waals surface area (Å²) in [5.74, 6) is -0.0575. The summed E-state index contributed by atoms with van der Waals surface area (Å²) in [4.78, 5) is 12.2. The highest BCUT2D eigenvalue weighted by Gasteiger charge is 2.12. The first-order valence-electron chi connectivity index (χ1n) is 8.76. The summed E-state index contributed by atoms with van der Waals surface area (Å²) in [6, 6.07) is 16.4. The number of phenolic OH excluding ortho intramolecular Hbond substituents is 1. The Balaban J connectivity index is 1.75. The first-order valence-corrected chi connectivity index (χ1v) is 8.76. The molecular weight excluding hydrogens is 328 g/mol. The van der Waals surface area contributed by atoms with Crippen LogP contribution >= 0.6 is 0 Å². The molecule has 1 atom stereocenters. The van der Waals surface area contributed by atoms with Crippen LogP contribution in [-0.2, 0) is 11.2 Å². The minimum Gasteiger partial charge on any atom is -0.508 e. The van der Waals surface area contributed by atoms with Crippen molar-refractivity contribution >= 4 is 5.91 Å². The molecule has 0 radical (unpaired) electrons. The van der Waals surface area contributed by atoms with E-state index in [1.54, 1.807) is 18.3 Å². The first kappa shape index (κ1) is 19.5. The summed E-state index contributed by atoms with van der Waals surface area (Å²) < 4.78 is 5.91. The van der Waals surface area contributed by atoms with Crippen molar-refractivity contribution in [3.05, 3.63) is 78.5 Å². The van der Waals surface area contributed by atoms with Crippen molar-refractivity contribution in [2.75, 3.05) is 19.7 Å². The van der Waals surface area contributed by atoms with Gasteiger partial charge in [-0.1, -0.05) is 36.9 Å². The zero-order chi connectivity index (χ0) is 18.6. The van der Waals surface area contributed by atoms with Crippen LogP contribution in [0.15, 0.2) is 67.4 Å². The van der Waals surface area contributed by atoms with E-state index in [4.69, 9.17) is 4.74 Å². The first-order chi connectivity index (χ1) is 12.7. The van der Waals surface area contributed by atoms with E-state index >= 15 is 0 Å². The summed E-state index contributed by atoms with van der Waals surface area (Å²) in [5.41, 5.74) is 1.79. The Kier molecular flexibility index (Phi) is 8.23. The lowest BCUT2D eigenvalue weighted by Gasteiger charge is -2.19. The minimum absolute atomic E-state index is 0.136. The maximum Gasteiger partial charge on any atom is 0.251 e. The predicted octanol–water partition coefficient (Wildman–Crippen LogP) is 2.87. The Labute approximate surface area is 154 Å². The standard InChI is InChI=1S/C21H26N2O3/c1-2-22-15-20(26-14-6-9-17-7-4-3-5-8-17)16-23-21(25)18-10-12-19(24)13-11-18/h2-5,7-8,10-13,20,22,24H,1,6,9,14-16H2,(H,23,25). The summed E-state index contributed by atoms with van der Waals surface area (Å²) in [6.45, 7) is 5.23. The van der Waals surface area contributed by atoms with Gasteiger partial charge in [0.1, 0.15) is 5.75 Å². The van der Waals surface area contributed by atoms with Gasteiger partial charge in [-0.05, 0) is 48.9 Å². The number of amides is 1. The summed E-state index contributed by atoms with van der Waals surface area (Å²) in [5, 5.41) is 15.2. The molecule has 1 amide bonds. The Bertz CT molecular complexity index is 671. The van der Waals surface area contributed by atoms with Gasteiger partial charge in [-0.3, -0.25) is 4.79 Å². The molecule has 0 saturated carbocycles. The fraction of sp³-hybridized carbons (Fsp3) is 0.286. The number of benzene rings is 2. The largest absolute Gasteiger partial charge is 0.508 e. The van der Waals surface area contributed by atoms with Crippen LogP contribution in [0.4, 0.5) is 0 Å². The van der Waals surface area contributed by atoms with E-state index in [0.717, 1.165) is 12.8 Å². The van der Waals surface area contributed by atoms with Gasteiger partial charge in [0, 0.05) is 25.3 Å². The Morgan fingerprint density at radius 2 is 1.85 bits per heavy atom. The summed E-state index contributed by atoms with van der Waals surface area (Å²) >= 11 is 0. The highest BCUT2D eigenvalue weighted by molar-refractivity contribution is 5.94. The Morgan fingerprint density at radius 3 is 2.54 bits per heavy atom. The fourth-order valence-corrected chi connectivity index (χ4v) is 2.50. The maximum atomic E-state index is 12.2. The molecule has 5 heteroatoms. The quantitative estimate of drug-likeness (QED) is 0.543. The lowest BCUT2D eigenvalue weighted by atomic mass is 10.1. The third-order valence-electron chi connectivity index (χ3n) is 3.92. The monoisotopic (exact) mass is 354 g/mol. The molecular formula is C21H26N2O3. The maximum absolute atomic E-state index is 12.2. The molecule has 2 rings (SSSR count). The van der Waals surface area contributed by atoms with Crippen molar-refractivity contribution in [3.8, 4) is 5.75 Å². The van der Waals surface area contributed by atoms with Gasteiger partial charge in [-0.25, -0.2) is 0 Å². The number of aromatic hydroxyl groups is 1. The van der Waals surface area contributed by atoms with E-state index in [-0.39, 0.29) is 17.8 Å².